The van der Waals surface area contributed by atoms with Crippen LogP contribution in [-0.4, -0.2) is 18.4 Å². The summed E-state index contributed by atoms with van der Waals surface area (Å²) in [6, 6.07) is 7.05. The first-order valence-corrected chi connectivity index (χ1v) is 7.66. The maximum atomic E-state index is 11.9. The van der Waals surface area contributed by atoms with Crippen LogP contribution in [0.4, 0.5) is 5.69 Å². The molecule has 0 bridgehead atoms. The zero-order valence-electron chi connectivity index (χ0n) is 13.0. The van der Waals surface area contributed by atoms with E-state index in [-0.39, 0.29) is 17.7 Å². The maximum Gasteiger partial charge on any atom is 0.251 e. The lowest BCUT2D eigenvalue weighted by atomic mass is 10.1. The third-order valence-corrected chi connectivity index (χ3v) is 3.87. The predicted molar refractivity (Wildman–Crippen MR) is 84.1 cm³/mol. The molecule has 2 amide bonds. The van der Waals surface area contributed by atoms with Crippen molar-refractivity contribution < 1.29 is 9.59 Å². The molecule has 1 fully saturated rings. The van der Waals surface area contributed by atoms with E-state index in [1.807, 2.05) is 0 Å². The van der Waals surface area contributed by atoms with Crippen LogP contribution in [0.15, 0.2) is 24.3 Å². The SMILES string of the molecule is CC(C)CCNC(=O)c1ccc(NC(=O)C2CC2C)cc1. The Labute approximate surface area is 126 Å². The minimum absolute atomic E-state index is 0.0654. The minimum Gasteiger partial charge on any atom is -0.352 e. The summed E-state index contributed by atoms with van der Waals surface area (Å²) in [7, 11) is 0. The molecule has 2 N–H and O–H groups in total. The molecular weight excluding hydrogens is 264 g/mol. The van der Waals surface area contributed by atoms with E-state index < -0.39 is 0 Å². The first-order chi connectivity index (χ1) is 9.97. The Morgan fingerprint density at radius 1 is 1.24 bits per heavy atom. The lowest BCUT2D eigenvalue weighted by Gasteiger charge is -2.08. The molecule has 0 heterocycles. The topological polar surface area (TPSA) is 58.2 Å². The average molecular weight is 288 g/mol. The molecule has 1 aromatic rings. The van der Waals surface area contributed by atoms with Crippen LogP contribution in [0.2, 0.25) is 0 Å². The summed E-state index contributed by atoms with van der Waals surface area (Å²) in [5, 5.41) is 5.79. The Kier molecular flexibility index (Phi) is 4.99. The van der Waals surface area contributed by atoms with Crippen LogP contribution in [0.1, 0.15) is 44.0 Å². The number of amides is 2. The van der Waals surface area contributed by atoms with Crippen molar-refractivity contribution in [2.24, 2.45) is 17.8 Å². The molecule has 1 saturated carbocycles. The third kappa shape index (κ3) is 4.59. The minimum atomic E-state index is -0.0654. The van der Waals surface area contributed by atoms with Gasteiger partial charge in [0.25, 0.3) is 5.91 Å². The smallest absolute Gasteiger partial charge is 0.251 e. The van der Waals surface area contributed by atoms with Crippen LogP contribution in [0.25, 0.3) is 0 Å². The van der Waals surface area contributed by atoms with E-state index in [1.165, 1.54) is 0 Å². The highest BCUT2D eigenvalue weighted by Gasteiger charge is 2.38. The summed E-state index contributed by atoms with van der Waals surface area (Å²) in [6.07, 6.45) is 1.95. The van der Waals surface area contributed by atoms with Gasteiger partial charge in [0.15, 0.2) is 0 Å². The standard InChI is InChI=1S/C17H24N2O2/c1-11(2)8-9-18-16(20)13-4-6-14(7-5-13)19-17(21)15-10-12(15)3/h4-7,11-12,15H,8-10H2,1-3H3,(H,18,20)(H,19,21). The van der Waals surface area contributed by atoms with Gasteiger partial charge in [-0.1, -0.05) is 20.8 Å². The second-order valence-electron chi connectivity index (χ2n) is 6.32. The van der Waals surface area contributed by atoms with Gasteiger partial charge in [0.1, 0.15) is 0 Å². The summed E-state index contributed by atoms with van der Waals surface area (Å²) in [4.78, 5) is 23.7. The van der Waals surface area contributed by atoms with Crippen LogP contribution < -0.4 is 10.6 Å². The van der Waals surface area contributed by atoms with Crippen molar-refractivity contribution in [3.63, 3.8) is 0 Å². The Morgan fingerprint density at radius 3 is 2.38 bits per heavy atom. The van der Waals surface area contributed by atoms with Crippen molar-refractivity contribution in [2.75, 3.05) is 11.9 Å². The molecule has 21 heavy (non-hydrogen) atoms. The first kappa shape index (κ1) is 15.5. The first-order valence-electron chi connectivity index (χ1n) is 7.66. The van der Waals surface area contributed by atoms with Crippen LogP contribution in [-0.2, 0) is 4.79 Å². The van der Waals surface area contributed by atoms with Gasteiger partial charge in [-0.2, -0.15) is 0 Å². The van der Waals surface area contributed by atoms with Crippen molar-refractivity contribution in [1.29, 1.82) is 0 Å². The van der Waals surface area contributed by atoms with Gasteiger partial charge in [0.2, 0.25) is 5.91 Å². The zero-order valence-corrected chi connectivity index (χ0v) is 13.0. The molecule has 4 nitrogen and oxygen atoms in total. The van der Waals surface area contributed by atoms with Crippen molar-refractivity contribution in [1.82, 2.24) is 5.32 Å². The van der Waals surface area contributed by atoms with Crippen LogP contribution in [0.5, 0.6) is 0 Å². The highest BCUT2D eigenvalue weighted by atomic mass is 16.2. The van der Waals surface area contributed by atoms with E-state index in [0.717, 1.165) is 18.5 Å². The quantitative estimate of drug-likeness (QED) is 0.845. The van der Waals surface area contributed by atoms with Gasteiger partial charge in [0.05, 0.1) is 0 Å². The van der Waals surface area contributed by atoms with E-state index >= 15 is 0 Å². The summed E-state index contributed by atoms with van der Waals surface area (Å²) < 4.78 is 0. The number of rotatable bonds is 6. The van der Waals surface area contributed by atoms with Crippen molar-refractivity contribution >= 4 is 17.5 Å². The zero-order chi connectivity index (χ0) is 15.4. The summed E-state index contributed by atoms with van der Waals surface area (Å²) >= 11 is 0. The number of carbonyl (C=O) groups excluding carboxylic acids is 2. The third-order valence-electron chi connectivity index (χ3n) is 3.87. The summed E-state index contributed by atoms with van der Waals surface area (Å²) in [6.45, 7) is 7.03. The normalized spacial score (nSPS) is 20.2. The highest BCUT2D eigenvalue weighted by Crippen LogP contribution is 2.38. The lowest BCUT2D eigenvalue weighted by Crippen LogP contribution is -2.25. The monoisotopic (exact) mass is 288 g/mol. The van der Waals surface area contributed by atoms with Crippen LogP contribution in [0, 0.1) is 17.8 Å². The van der Waals surface area contributed by atoms with Crippen LogP contribution in [0.3, 0.4) is 0 Å². The molecule has 114 valence electrons. The van der Waals surface area contributed by atoms with Gasteiger partial charge in [0, 0.05) is 23.7 Å². The van der Waals surface area contributed by atoms with Gasteiger partial charge >= 0.3 is 0 Å². The summed E-state index contributed by atoms with van der Waals surface area (Å²) in [5.74, 6) is 1.24. The number of hydrogen-bond donors (Lipinski definition) is 2. The van der Waals surface area contributed by atoms with Crippen LogP contribution >= 0.6 is 0 Å². The lowest BCUT2D eigenvalue weighted by molar-refractivity contribution is -0.117. The molecule has 2 unspecified atom stereocenters. The fraction of sp³-hybridized carbons (Fsp3) is 0.529. The highest BCUT2D eigenvalue weighted by molar-refractivity contribution is 5.96. The Hall–Kier alpha value is -1.84. The van der Waals surface area contributed by atoms with E-state index in [0.29, 0.717) is 23.9 Å². The molecule has 4 heteroatoms. The average Bonchev–Trinajstić information content (AvgIpc) is 3.16. The molecule has 1 aliphatic rings. The van der Waals surface area contributed by atoms with Gasteiger partial charge in [-0.15, -0.1) is 0 Å². The predicted octanol–water partition coefficient (Wildman–Crippen LogP) is 3.06. The molecule has 0 aromatic heterocycles. The number of nitrogens with one attached hydrogen (secondary N) is 2. The molecule has 1 aliphatic carbocycles. The molecular formula is C17H24N2O2. The molecule has 2 atom stereocenters. The fourth-order valence-electron chi connectivity index (χ4n) is 2.20. The summed E-state index contributed by atoms with van der Waals surface area (Å²) in [5.41, 5.74) is 1.37. The van der Waals surface area contributed by atoms with E-state index in [2.05, 4.69) is 31.4 Å². The van der Waals surface area contributed by atoms with E-state index in [4.69, 9.17) is 0 Å². The second-order valence-corrected chi connectivity index (χ2v) is 6.32. The van der Waals surface area contributed by atoms with Crippen molar-refractivity contribution in [2.45, 2.75) is 33.6 Å². The fourth-order valence-corrected chi connectivity index (χ4v) is 2.20. The maximum absolute atomic E-state index is 11.9. The van der Waals surface area contributed by atoms with Gasteiger partial charge < -0.3 is 10.6 Å². The van der Waals surface area contributed by atoms with Crippen molar-refractivity contribution in [3.8, 4) is 0 Å². The molecule has 1 aromatic carbocycles. The van der Waals surface area contributed by atoms with E-state index in [9.17, 15) is 9.59 Å². The largest absolute Gasteiger partial charge is 0.352 e. The molecule has 0 saturated heterocycles. The Bertz CT molecular complexity index is 508. The second kappa shape index (κ2) is 6.74. The molecule has 2 rings (SSSR count). The van der Waals surface area contributed by atoms with Gasteiger partial charge in [-0.25, -0.2) is 0 Å². The Morgan fingerprint density at radius 2 is 1.86 bits per heavy atom. The number of hydrogen-bond acceptors (Lipinski definition) is 2. The Balaban J connectivity index is 1.83. The number of carbonyl (C=O) groups is 2. The van der Waals surface area contributed by atoms with Gasteiger partial charge in [-0.3, -0.25) is 9.59 Å². The number of benzene rings is 1. The number of anilines is 1. The van der Waals surface area contributed by atoms with Gasteiger partial charge in [-0.05, 0) is 48.9 Å². The molecule has 0 aliphatic heterocycles. The molecule has 0 spiro atoms. The molecule has 0 radical (unpaired) electrons. The van der Waals surface area contributed by atoms with E-state index in [1.54, 1.807) is 24.3 Å². The van der Waals surface area contributed by atoms with Crippen molar-refractivity contribution in [3.05, 3.63) is 29.8 Å².